The lowest BCUT2D eigenvalue weighted by molar-refractivity contribution is -0.115. The normalized spacial score (nSPS) is 15.8. The van der Waals surface area contributed by atoms with Crippen molar-refractivity contribution in [3.05, 3.63) is 92.8 Å². The number of benzene rings is 3. The first-order valence-corrected chi connectivity index (χ1v) is 11.2. The van der Waals surface area contributed by atoms with Crippen LogP contribution in [0.5, 0.6) is 11.5 Å². The van der Waals surface area contributed by atoms with Crippen molar-refractivity contribution in [3.63, 3.8) is 0 Å². The molecule has 1 saturated heterocycles. The zero-order chi connectivity index (χ0) is 22.5. The van der Waals surface area contributed by atoms with Crippen LogP contribution in [-0.4, -0.2) is 18.2 Å². The number of rotatable bonds is 6. The van der Waals surface area contributed by atoms with Crippen LogP contribution >= 0.6 is 35.0 Å². The lowest BCUT2D eigenvalue weighted by Crippen LogP contribution is -2.19. The Kier molecular flexibility index (Phi) is 7.05. The van der Waals surface area contributed by atoms with Crippen LogP contribution in [0.2, 0.25) is 10.0 Å². The molecule has 3 aromatic rings. The molecule has 0 aromatic heterocycles. The van der Waals surface area contributed by atoms with Crippen LogP contribution in [0.3, 0.4) is 0 Å². The number of aliphatic imine (C=N–C) groups is 1. The molecule has 0 unspecified atom stereocenters. The third-order valence-electron chi connectivity index (χ3n) is 4.52. The molecule has 1 fully saturated rings. The number of amides is 1. The molecule has 5 nitrogen and oxygen atoms in total. The number of carbonyl (C=O) groups excluding carboxylic acids is 1. The average molecular weight is 485 g/mol. The number of thioether (sulfide) groups is 1. The van der Waals surface area contributed by atoms with Gasteiger partial charge in [0.1, 0.15) is 6.61 Å². The molecule has 0 atom stereocenters. The summed E-state index contributed by atoms with van der Waals surface area (Å²) < 4.78 is 11.4. The summed E-state index contributed by atoms with van der Waals surface area (Å²) in [5, 5.41) is 4.44. The van der Waals surface area contributed by atoms with Gasteiger partial charge in [-0.1, -0.05) is 53.5 Å². The summed E-state index contributed by atoms with van der Waals surface area (Å²) in [7, 11) is 1.57. The van der Waals surface area contributed by atoms with E-state index in [9.17, 15) is 4.79 Å². The maximum Gasteiger partial charge on any atom is 0.264 e. The molecule has 0 saturated carbocycles. The Hall–Kier alpha value is -2.93. The van der Waals surface area contributed by atoms with Gasteiger partial charge in [0.2, 0.25) is 0 Å². The van der Waals surface area contributed by atoms with Gasteiger partial charge in [0.05, 0.1) is 17.7 Å². The number of amidine groups is 1. The fourth-order valence-corrected chi connectivity index (χ4v) is 4.24. The zero-order valence-corrected chi connectivity index (χ0v) is 19.3. The van der Waals surface area contributed by atoms with Crippen molar-refractivity contribution >= 4 is 57.8 Å². The summed E-state index contributed by atoms with van der Waals surface area (Å²) in [5.41, 5.74) is 2.39. The smallest absolute Gasteiger partial charge is 0.264 e. The average Bonchev–Trinajstić information content (AvgIpc) is 3.12. The number of ether oxygens (including phenoxy) is 2. The molecule has 4 rings (SSSR count). The molecular weight excluding hydrogens is 467 g/mol. The zero-order valence-electron chi connectivity index (χ0n) is 17.0. The van der Waals surface area contributed by atoms with Crippen molar-refractivity contribution in [1.82, 2.24) is 5.32 Å². The van der Waals surface area contributed by atoms with Gasteiger partial charge >= 0.3 is 0 Å². The number of halogens is 2. The second-order valence-electron chi connectivity index (χ2n) is 6.75. The molecule has 0 spiro atoms. The third-order valence-corrected chi connectivity index (χ3v) is 6.02. The van der Waals surface area contributed by atoms with Crippen molar-refractivity contribution in [2.45, 2.75) is 6.61 Å². The van der Waals surface area contributed by atoms with Crippen molar-refractivity contribution in [3.8, 4) is 11.5 Å². The first-order chi connectivity index (χ1) is 15.5. The topological polar surface area (TPSA) is 59.9 Å². The SMILES string of the molecule is COc1cc(/C=C2\SC(=Nc3ccccc3)NC2=O)ccc1OCc1ccc(Cl)cc1Cl. The van der Waals surface area contributed by atoms with Gasteiger partial charge in [-0.15, -0.1) is 0 Å². The number of methoxy groups -OCH3 is 1. The van der Waals surface area contributed by atoms with Crippen LogP contribution in [0.1, 0.15) is 11.1 Å². The number of para-hydroxylation sites is 1. The molecule has 1 N–H and O–H groups in total. The van der Waals surface area contributed by atoms with E-state index in [1.165, 1.54) is 11.8 Å². The molecule has 1 amide bonds. The number of nitrogens with zero attached hydrogens (tertiary/aromatic N) is 1. The van der Waals surface area contributed by atoms with Crippen LogP contribution in [0.4, 0.5) is 5.69 Å². The highest BCUT2D eigenvalue weighted by molar-refractivity contribution is 8.18. The number of carbonyl (C=O) groups is 1. The van der Waals surface area contributed by atoms with Gasteiger partial charge in [0, 0.05) is 15.6 Å². The molecule has 0 aliphatic carbocycles. The molecule has 8 heteroatoms. The van der Waals surface area contributed by atoms with E-state index in [1.54, 1.807) is 31.4 Å². The molecule has 1 heterocycles. The van der Waals surface area contributed by atoms with Gasteiger partial charge in [-0.25, -0.2) is 4.99 Å². The van der Waals surface area contributed by atoms with Gasteiger partial charge in [-0.2, -0.15) is 0 Å². The Morgan fingerprint density at radius 2 is 1.84 bits per heavy atom. The minimum Gasteiger partial charge on any atom is -0.493 e. The fourth-order valence-electron chi connectivity index (χ4n) is 2.94. The fraction of sp³-hybridized carbons (Fsp3) is 0.0833. The summed E-state index contributed by atoms with van der Waals surface area (Å²) in [6.45, 7) is 0.268. The number of nitrogens with one attached hydrogen (secondary N) is 1. The van der Waals surface area contributed by atoms with Gasteiger partial charge in [0.15, 0.2) is 16.7 Å². The number of hydrogen-bond acceptors (Lipinski definition) is 5. The monoisotopic (exact) mass is 484 g/mol. The number of hydrogen-bond donors (Lipinski definition) is 1. The van der Waals surface area contributed by atoms with Crippen LogP contribution in [0.15, 0.2) is 76.6 Å². The van der Waals surface area contributed by atoms with E-state index in [4.69, 9.17) is 32.7 Å². The highest BCUT2D eigenvalue weighted by Gasteiger charge is 2.24. The van der Waals surface area contributed by atoms with Crippen molar-refractivity contribution in [2.24, 2.45) is 4.99 Å². The Morgan fingerprint density at radius 3 is 2.59 bits per heavy atom. The van der Waals surface area contributed by atoms with E-state index in [1.807, 2.05) is 48.5 Å². The Labute approximate surface area is 200 Å². The molecular formula is C24H18Cl2N2O3S. The predicted octanol–water partition coefficient (Wildman–Crippen LogP) is 6.47. The summed E-state index contributed by atoms with van der Waals surface area (Å²) in [4.78, 5) is 17.4. The van der Waals surface area contributed by atoms with Gasteiger partial charge in [-0.3, -0.25) is 4.79 Å². The standard InChI is InChI=1S/C24H18Cl2N2O3S/c1-30-21-11-15(7-10-20(21)31-14-16-8-9-17(25)13-19(16)26)12-22-23(29)28-24(32-22)27-18-5-3-2-4-6-18/h2-13H,14H2,1H3,(H,27,28,29)/b22-12-. The predicted molar refractivity (Wildman–Crippen MR) is 131 cm³/mol. The summed E-state index contributed by atoms with van der Waals surface area (Å²) in [6.07, 6.45) is 1.79. The molecule has 162 valence electrons. The molecule has 1 aliphatic rings. The van der Waals surface area contributed by atoms with E-state index in [0.717, 1.165) is 16.8 Å². The summed E-state index contributed by atoms with van der Waals surface area (Å²) >= 11 is 13.4. The van der Waals surface area contributed by atoms with Crippen molar-refractivity contribution < 1.29 is 14.3 Å². The van der Waals surface area contributed by atoms with E-state index >= 15 is 0 Å². The van der Waals surface area contributed by atoms with Gasteiger partial charge in [0.25, 0.3) is 5.91 Å². The molecule has 1 aliphatic heterocycles. The highest BCUT2D eigenvalue weighted by atomic mass is 35.5. The first-order valence-electron chi connectivity index (χ1n) is 9.61. The minimum atomic E-state index is -0.193. The lowest BCUT2D eigenvalue weighted by atomic mass is 10.2. The Balaban J connectivity index is 1.49. The largest absolute Gasteiger partial charge is 0.493 e. The second kappa shape index (κ2) is 10.1. The highest BCUT2D eigenvalue weighted by Crippen LogP contribution is 2.33. The van der Waals surface area contributed by atoms with E-state index < -0.39 is 0 Å². The van der Waals surface area contributed by atoms with Gasteiger partial charge < -0.3 is 14.8 Å². The third kappa shape index (κ3) is 5.46. The second-order valence-corrected chi connectivity index (χ2v) is 8.63. The minimum absolute atomic E-state index is 0.193. The summed E-state index contributed by atoms with van der Waals surface area (Å²) in [5.74, 6) is 0.919. The van der Waals surface area contributed by atoms with E-state index in [-0.39, 0.29) is 12.5 Å². The molecule has 32 heavy (non-hydrogen) atoms. The van der Waals surface area contributed by atoms with E-state index in [2.05, 4.69) is 10.3 Å². The molecule has 0 bridgehead atoms. The quantitative estimate of drug-likeness (QED) is 0.407. The van der Waals surface area contributed by atoms with Crippen LogP contribution in [0, 0.1) is 0 Å². The van der Waals surface area contributed by atoms with Crippen molar-refractivity contribution in [1.29, 1.82) is 0 Å². The first kappa shape index (κ1) is 22.3. The Morgan fingerprint density at radius 1 is 1.03 bits per heavy atom. The van der Waals surface area contributed by atoms with Crippen LogP contribution in [0.25, 0.3) is 6.08 Å². The van der Waals surface area contributed by atoms with Crippen molar-refractivity contribution in [2.75, 3.05) is 7.11 Å². The van der Waals surface area contributed by atoms with Gasteiger partial charge in [-0.05, 0) is 59.8 Å². The maximum atomic E-state index is 12.4. The Bertz CT molecular complexity index is 1210. The molecule has 0 radical (unpaired) electrons. The summed E-state index contributed by atoms with van der Waals surface area (Å²) in [6, 6.07) is 20.2. The van der Waals surface area contributed by atoms with Crippen LogP contribution in [-0.2, 0) is 11.4 Å². The molecule has 3 aromatic carbocycles. The van der Waals surface area contributed by atoms with E-state index in [0.29, 0.717) is 31.6 Å². The van der Waals surface area contributed by atoms with Crippen LogP contribution < -0.4 is 14.8 Å². The lowest BCUT2D eigenvalue weighted by Gasteiger charge is -2.12. The maximum absolute atomic E-state index is 12.4.